The van der Waals surface area contributed by atoms with E-state index < -0.39 is 34.1 Å². The third-order valence-corrected chi connectivity index (χ3v) is 8.63. The predicted molar refractivity (Wildman–Crippen MR) is 138 cm³/mol. The molecular formula is C25H40BFN2O6S. The molecule has 1 aromatic carbocycles. The van der Waals surface area contributed by atoms with Gasteiger partial charge in [-0.3, -0.25) is 4.90 Å². The van der Waals surface area contributed by atoms with E-state index in [1.807, 2.05) is 55.4 Å². The highest BCUT2D eigenvalue weighted by Gasteiger charge is 2.53. The van der Waals surface area contributed by atoms with Crippen LogP contribution in [0, 0.1) is 20.8 Å². The fraction of sp³-hybridized carbons (Fsp3) is 0.720. The maximum absolute atomic E-state index is 14.6. The lowest BCUT2D eigenvalue weighted by atomic mass is 9.71. The normalized spacial score (nSPS) is 20.6. The van der Waals surface area contributed by atoms with Crippen LogP contribution in [0.25, 0.3) is 0 Å². The minimum Gasteiger partial charge on any atom is -0.444 e. The van der Waals surface area contributed by atoms with Crippen LogP contribution >= 0.6 is 0 Å². The maximum Gasteiger partial charge on any atom is 0.495 e. The van der Waals surface area contributed by atoms with E-state index in [2.05, 4.69) is 4.90 Å². The van der Waals surface area contributed by atoms with Crippen molar-refractivity contribution in [3.63, 3.8) is 0 Å². The van der Waals surface area contributed by atoms with Gasteiger partial charge < -0.3 is 18.9 Å². The van der Waals surface area contributed by atoms with E-state index in [1.165, 1.54) is 0 Å². The molecule has 36 heavy (non-hydrogen) atoms. The Morgan fingerprint density at radius 1 is 0.972 bits per heavy atom. The van der Waals surface area contributed by atoms with E-state index >= 15 is 0 Å². The standard InChI is InChI=1S/C25H40BFN2O6S/c1-16-19(15-28-11-13-29(14-12-28)22(30)33-23(4,5)6)17(2)21(36(27,31)32)18(3)20(16)26-34-24(7,8)25(9,10)35-26/h11-15H2,1-10H3. The molecule has 2 saturated heterocycles. The molecule has 1 aromatic rings. The van der Waals surface area contributed by atoms with E-state index in [-0.39, 0.29) is 11.0 Å². The number of carbonyl (C=O) groups is 1. The lowest BCUT2D eigenvalue weighted by Gasteiger charge is -2.36. The molecule has 2 aliphatic heterocycles. The summed E-state index contributed by atoms with van der Waals surface area (Å²) in [4.78, 5) is 15.9. The number of carbonyl (C=O) groups excluding carboxylic acids is 1. The Hall–Kier alpha value is -1.69. The lowest BCUT2D eigenvalue weighted by Crippen LogP contribution is -2.50. The fourth-order valence-corrected chi connectivity index (χ4v) is 5.79. The molecule has 2 heterocycles. The van der Waals surface area contributed by atoms with Gasteiger partial charge in [-0.15, -0.1) is 3.89 Å². The van der Waals surface area contributed by atoms with Crippen molar-refractivity contribution in [1.82, 2.24) is 9.80 Å². The van der Waals surface area contributed by atoms with Crippen LogP contribution in [0.3, 0.4) is 0 Å². The predicted octanol–water partition coefficient (Wildman–Crippen LogP) is 3.62. The molecule has 8 nitrogen and oxygen atoms in total. The molecule has 0 aliphatic carbocycles. The van der Waals surface area contributed by atoms with Crippen LogP contribution in [0.4, 0.5) is 8.68 Å². The van der Waals surface area contributed by atoms with Crippen molar-refractivity contribution in [2.75, 3.05) is 26.2 Å². The highest BCUT2D eigenvalue weighted by molar-refractivity contribution is 7.86. The van der Waals surface area contributed by atoms with Gasteiger partial charge in [0.25, 0.3) is 0 Å². The number of amides is 1. The monoisotopic (exact) mass is 526 g/mol. The minimum absolute atomic E-state index is 0.310. The highest BCUT2D eigenvalue weighted by Crippen LogP contribution is 2.38. The average molecular weight is 526 g/mol. The lowest BCUT2D eigenvalue weighted by molar-refractivity contribution is 0.00578. The number of nitrogens with zero attached hydrogens (tertiary/aromatic N) is 2. The van der Waals surface area contributed by atoms with E-state index in [0.29, 0.717) is 49.3 Å². The molecule has 2 aliphatic rings. The van der Waals surface area contributed by atoms with Crippen LogP contribution in [0.1, 0.15) is 70.7 Å². The summed E-state index contributed by atoms with van der Waals surface area (Å²) in [5.74, 6) is 0. The first kappa shape index (κ1) is 28.9. The van der Waals surface area contributed by atoms with Crippen LogP contribution in [0.2, 0.25) is 0 Å². The molecule has 2 fully saturated rings. The summed E-state index contributed by atoms with van der Waals surface area (Å²) in [6, 6.07) is 0. The summed E-state index contributed by atoms with van der Waals surface area (Å²) in [6.07, 6.45) is -0.348. The van der Waals surface area contributed by atoms with Crippen molar-refractivity contribution < 1.29 is 31.1 Å². The quantitative estimate of drug-likeness (QED) is 0.438. The van der Waals surface area contributed by atoms with Gasteiger partial charge in [-0.25, -0.2) is 4.79 Å². The van der Waals surface area contributed by atoms with Gasteiger partial charge in [-0.05, 0) is 97.0 Å². The second kappa shape index (κ2) is 9.56. The Morgan fingerprint density at radius 3 is 1.92 bits per heavy atom. The molecule has 0 bridgehead atoms. The number of ether oxygens (including phenoxy) is 1. The van der Waals surface area contributed by atoms with Crippen molar-refractivity contribution in [3.05, 3.63) is 22.3 Å². The minimum atomic E-state index is -4.99. The first-order valence-electron chi connectivity index (χ1n) is 12.4. The first-order valence-corrected chi connectivity index (χ1v) is 13.8. The summed E-state index contributed by atoms with van der Waals surface area (Å²) in [6.45, 7) is 20.9. The van der Waals surface area contributed by atoms with Gasteiger partial charge in [0.1, 0.15) is 10.5 Å². The van der Waals surface area contributed by atoms with Crippen molar-refractivity contribution in [1.29, 1.82) is 0 Å². The van der Waals surface area contributed by atoms with Crippen molar-refractivity contribution in [2.24, 2.45) is 0 Å². The maximum atomic E-state index is 14.6. The second-order valence-electron chi connectivity index (χ2n) is 11.9. The number of hydrogen-bond donors (Lipinski definition) is 0. The molecular weight excluding hydrogens is 486 g/mol. The Bertz CT molecular complexity index is 1120. The number of hydrogen-bond acceptors (Lipinski definition) is 7. The van der Waals surface area contributed by atoms with Crippen LogP contribution in [0.15, 0.2) is 4.90 Å². The van der Waals surface area contributed by atoms with Crippen molar-refractivity contribution in [3.8, 4) is 0 Å². The van der Waals surface area contributed by atoms with Gasteiger partial charge in [0.05, 0.1) is 11.2 Å². The molecule has 11 heteroatoms. The number of benzene rings is 1. The average Bonchev–Trinajstić information content (AvgIpc) is 2.90. The summed E-state index contributed by atoms with van der Waals surface area (Å²) < 4.78 is 57.1. The second-order valence-corrected chi connectivity index (χ2v) is 13.1. The molecule has 202 valence electrons. The summed E-state index contributed by atoms with van der Waals surface area (Å²) in [5, 5.41) is 0. The molecule has 3 rings (SSSR count). The Balaban J connectivity index is 1.94. The van der Waals surface area contributed by atoms with Gasteiger partial charge in [0.2, 0.25) is 0 Å². The summed E-state index contributed by atoms with van der Waals surface area (Å²) >= 11 is 0. The van der Waals surface area contributed by atoms with Gasteiger partial charge in [0.15, 0.2) is 0 Å². The smallest absolute Gasteiger partial charge is 0.444 e. The third kappa shape index (κ3) is 5.74. The SMILES string of the molecule is Cc1c(CN2CCN(C(=O)OC(C)(C)C)CC2)c(C)c(S(=O)(=O)F)c(C)c1B1OC(C)(C)C(C)(C)O1. The zero-order valence-corrected chi connectivity index (χ0v) is 24.1. The zero-order valence-electron chi connectivity index (χ0n) is 23.2. The van der Waals surface area contributed by atoms with Crippen molar-refractivity contribution in [2.45, 2.75) is 97.5 Å². The molecule has 0 spiro atoms. The number of rotatable bonds is 4. The van der Waals surface area contributed by atoms with Crippen LogP contribution in [-0.4, -0.2) is 74.4 Å². The Kier molecular flexibility index (Phi) is 7.67. The Labute approximate surface area is 215 Å². The van der Waals surface area contributed by atoms with Gasteiger partial charge in [-0.1, -0.05) is 0 Å². The molecule has 1 amide bonds. The molecule has 0 radical (unpaired) electrons. The third-order valence-electron chi connectivity index (χ3n) is 7.53. The highest BCUT2D eigenvalue weighted by atomic mass is 32.3. The molecule has 0 saturated carbocycles. The van der Waals surface area contributed by atoms with Gasteiger partial charge in [-0.2, -0.15) is 8.42 Å². The fourth-order valence-electron chi connectivity index (χ4n) is 4.82. The van der Waals surface area contributed by atoms with Gasteiger partial charge in [0, 0.05) is 32.7 Å². The summed E-state index contributed by atoms with van der Waals surface area (Å²) in [7, 11) is -5.81. The molecule has 0 aromatic heterocycles. The van der Waals surface area contributed by atoms with Crippen LogP contribution in [-0.2, 0) is 30.8 Å². The first-order chi connectivity index (χ1) is 16.2. The van der Waals surface area contributed by atoms with E-state index in [9.17, 15) is 17.1 Å². The van der Waals surface area contributed by atoms with E-state index in [4.69, 9.17) is 14.0 Å². The number of piperazine rings is 1. The largest absolute Gasteiger partial charge is 0.495 e. The van der Waals surface area contributed by atoms with Gasteiger partial charge >= 0.3 is 23.4 Å². The number of halogens is 1. The molecule has 0 unspecified atom stereocenters. The van der Waals surface area contributed by atoms with Crippen LogP contribution in [0.5, 0.6) is 0 Å². The Morgan fingerprint density at radius 2 is 1.47 bits per heavy atom. The van der Waals surface area contributed by atoms with E-state index in [0.717, 1.165) is 11.1 Å². The zero-order chi connectivity index (χ0) is 27.4. The van der Waals surface area contributed by atoms with Crippen LogP contribution < -0.4 is 5.46 Å². The topological polar surface area (TPSA) is 85.4 Å². The molecule has 0 atom stereocenters. The van der Waals surface area contributed by atoms with Crippen molar-refractivity contribution >= 4 is 28.9 Å². The molecule has 0 N–H and O–H groups in total. The summed E-state index contributed by atoms with van der Waals surface area (Å²) in [5.41, 5.74) is 0.980. The van der Waals surface area contributed by atoms with E-state index in [1.54, 1.807) is 18.7 Å².